The number of likely N-dealkylation sites (N-methyl/N-ethyl adjacent to an activating group) is 1. The molecule has 0 saturated heterocycles. The van der Waals surface area contributed by atoms with E-state index in [2.05, 4.69) is 44.3 Å². The molecule has 0 aliphatic rings. The van der Waals surface area contributed by atoms with Gasteiger partial charge >= 0.3 is 0 Å². The van der Waals surface area contributed by atoms with E-state index in [1.165, 1.54) is 0 Å². The molecule has 37 heavy (non-hydrogen) atoms. The number of benzene rings is 2. The molecular weight excluding hydrogens is 464 g/mol. The van der Waals surface area contributed by atoms with Gasteiger partial charge < -0.3 is 20.3 Å². The van der Waals surface area contributed by atoms with Crippen LogP contribution in [0.2, 0.25) is 0 Å². The first-order chi connectivity index (χ1) is 18.1. The van der Waals surface area contributed by atoms with Crippen molar-refractivity contribution in [1.29, 1.82) is 0 Å². The highest BCUT2D eigenvalue weighted by molar-refractivity contribution is 6.05. The Bertz CT molecular complexity index is 1310. The third-order valence-corrected chi connectivity index (χ3v) is 6.04. The van der Waals surface area contributed by atoms with Gasteiger partial charge in [-0.15, -0.1) is 0 Å². The Hall–Kier alpha value is -4.30. The average Bonchev–Trinajstić information content (AvgIpc) is 2.94. The summed E-state index contributed by atoms with van der Waals surface area (Å²) in [5.41, 5.74) is 4.61. The Labute approximate surface area is 217 Å². The summed E-state index contributed by atoms with van der Waals surface area (Å²) >= 11 is 0. The summed E-state index contributed by atoms with van der Waals surface area (Å²) in [6.07, 6.45) is 5.17. The van der Waals surface area contributed by atoms with Crippen molar-refractivity contribution in [2.75, 3.05) is 36.9 Å². The number of pyridine rings is 1. The maximum absolute atomic E-state index is 13.0. The molecule has 0 fully saturated rings. The number of aryl methyl sites for hydroxylation is 1. The van der Waals surface area contributed by atoms with Crippen LogP contribution in [0.15, 0.2) is 79.3 Å². The maximum Gasteiger partial charge on any atom is 0.255 e. The maximum atomic E-state index is 13.0. The van der Waals surface area contributed by atoms with Crippen LogP contribution < -0.4 is 15.4 Å². The zero-order valence-electron chi connectivity index (χ0n) is 21.4. The van der Waals surface area contributed by atoms with Gasteiger partial charge in [0.1, 0.15) is 12.4 Å². The number of nitrogens with zero attached hydrogens (tertiary/aromatic N) is 4. The lowest BCUT2D eigenvalue weighted by molar-refractivity contribution is 0.102. The van der Waals surface area contributed by atoms with Gasteiger partial charge in [-0.1, -0.05) is 19.9 Å². The number of nitrogens with one attached hydrogen (secondary N) is 2. The summed E-state index contributed by atoms with van der Waals surface area (Å²) in [6, 6.07) is 18.6. The quantitative estimate of drug-likeness (QED) is 0.281. The first-order valence-electron chi connectivity index (χ1n) is 12.4. The largest absolute Gasteiger partial charge is 0.492 e. The Morgan fingerprint density at radius 3 is 2.54 bits per heavy atom. The number of rotatable bonds is 11. The minimum atomic E-state index is -0.205. The molecule has 8 nitrogen and oxygen atoms in total. The third kappa shape index (κ3) is 7.11. The molecular formula is C29H32N6O2. The lowest BCUT2D eigenvalue weighted by Crippen LogP contribution is -2.27. The molecule has 2 aromatic carbocycles. The monoisotopic (exact) mass is 496 g/mol. The number of amides is 1. The van der Waals surface area contributed by atoms with E-state index in [1.807, 2.05) is 55.5 Å². The van der Waals surface area contributed by atoms with Crippen LogP contribution >= 0.6 is 0 Å². The van der Waals surface area contributed by atoms with E-state index in [0.29, 0.717) is 23.8 Å². The Morgan fingerprint density at radius 2 is 1.81 bits per heavy atom. The van der Waals surface area contributed by atoms with Crippen LogP contribution in [0.1, 0.15) is 29.8 Å². The molecule has 0 radical (unpaired) electrons. The van der Waals surface area contributed by atoms with Crippen LogP contribution in [0, 0.1) is 6.92 Å². The van der Waals surface area contributed by atoms with Crippen LogP contribution in [0.25, 0.3) is 11.3 Å². The van der Waals surface area contributed by atoms with E-state index >= 15 is 0 Å². The lowest BCUT2D eigenvalue weighted by atomic mass is 10.1. The highest BCUT2D eigenvalue weighted by atomic mass is 16.5. The Kier molecular flexibility index (Phi) is 8.78. The van der Waals surface area contributed by atoms with Crippen molar-refractivity contribution < 1.29 is 9.53 Å². The predicted octanol–water partition coefficient (Wildman–Crippen LogP) is 5.56. The van der Waals surface area contributed by atoms with Crippen LogP contribution in [0.3, 0.4) is 0 Å². The van der Waals surface area contributed by atoms with Crippen LogP contribution in [0.5, 0.6) is 5.75 Å². The molecule has 8 heteroatoms. The first kappa shape index (κ1) is 25.8. The molecule has 2 aromatic heterocycles. The van der Waals surface area contributed by atoms with Crippen molar-refractivity contribution in [2.24, 2.45) is 0 Å². The second-order valence-electron chi connectivity index (χ2n) is 8.52. The van der Waals surface area contributed by atoms with Crippen molar-refractivity contribution in [3.8, 4) is 17.0 Å². The number of hydrogen-bond donors (Lipinski definition) is 2. The second-order valence-corrected chi connectivity index (χ2v) is 8.52. The van der Waals surface area contributed by atoms with E-state index in [0.717, 1.165) is 47.9 Å². The fourth-order valence-corrected chi connectivity index (χ4v) is 3.78. The molecule has 0 bridgehead atoms. The zero-order valence-corrected chi connectivity index (χ0v) is 21.4. The van der Waals surface area contributed by atoms with E-state index in [4.69, 9.17) is 4.74 Å². The molecule has 0 spiro atoms. The molecule has 0 atom stereocenters. The van der Waals surface area contributed by atoms with E-state index in [-0.39, 0.29) is 5.91 Å². The molecule has 1 amide bonds. The van der Waals surface area contributed by atoms with E-state index in [1.54, 1.807) is 30.7 Å². The minimum Gasteiger partial charge on any atom is -0.492 e. The van der Waals surface area contributed by atoms with Gasteiger partial charge in [-0.2, -0.15) is 0 Å². The summed E-state index contributed by atoms with van der Waals surface area (Å²) in [6.45, 7) is 9.77. The fourth-order valence-electron chi connectivity index (χ4n) is 3.78. The Morgan fingerprint density at radius 1 is 1.00 bits per heavy atom. The summed E-state index contributed by atoms with van der Waals surface area (Å²) in [7, 11) is 0. The third-order valence-electron chi connectivity index (χ3n) is 6.04. The standard InChI is InChI=1S/C29H32N6O2/c1-4-35(5-2)17-18-37-25-12-10-24(11-13-25)32-28(36)22-9-8-21(3)27(19-22)34-29-31-16-14-26(33-29)23-7-6-15-30-20-23/h6-16,19-20H,4-5,17-18H2,1-3H3,(H,32,36)(H,31,33,34). The molecule has 0 aliphatic heterocycles. The molecule has 4 rings (SSSR count). The van der Waals surface area contributed by atoms with Gasteiger partial charge in [0.25, 0.3) is 5.91 Å². The average molecular weight is 497 g/mol. The van der Waals surface area contributed by atoms with Gasteiger partial charge in [0, 0.05) is 47.6 Å². The van der Waals surface area contributed by atoms with E-state index in [9.17, 15) is 4.79 Å². The Balaban J connectivity index is 1.39. The normalized spacial score (nSPS) is 10.8. The molecule has 0 unspecified atom stereocenters. The fraction of sp³-hybridized carbons (Fsp3) is 0.241. The second kappa shape index (κ2) is 12.6. The molecule has 2 heterocycles. The smallest absolute Gasteiger partial charge is 0.255 e. The molecule has 2 N–H and O–H groups in total. The van der Waals surface area contributed by atoms with Gasteiger partial charge in [0.15, 0.2) is 0 Å². The zero-order chi connectivity index (χ0) is 26.0. The number of hydrogen-bond acceptors (Lipinski definition) is 7. The van der Waals surface area contributed by atoms with Crippen molar-refractivity contribution in [3.63, 3.8) is 0 Å². The molecule has 0 saturated carbocycles. The predicted molar refractivity (Wildman–Crippen MR) is 147 cm³/mol. The van der Waals surface area contributed by atoms with Crippen LogP contribution in [-0.2, 0) is 0 Å². The van der Waals surface area contributed by atoms with Crippen LogP contribution in [-0.4, -0.2) is 52.0 Å². The number of ether oxygens (including phenoxy) is 1. The van der Waals surface area contributed by atoms with Crippen LogP contribution in [0.4, 0.5) is 17.3 Å². The summed E-state index contributed by atoms with van der Waals surface area (Å²) < 4.78 is 5.83. The van der Waals surface area contributed by atoms with Crippen molar-refractivity contribution in [3.05, 3.63) is 90.4 Å². The first-order valence-corrected chi connectivity index (χ1v) is 12.4. The van der Waals surface area contributed by atoms with Gasteiger partial charge in [-0.3, -0.25) is 9.78 Å². The van der Waals surface area contributed by atoms with Crippen molar-refractivity contribution in [2.45, 2.75) is 20.8 Å². The summed E-state index contributed by atoms with van der Waals surface area (Å²) in [5, 5.41) is 6.19. The number of aromatic nitrogens is 3. The molecule has 0 aliphatic carbocycles. The van der Waals surface area contributed by atoms with Crippen molar-refractivity contribution in [1.82, 2.24) is 19.9 Å². The highest BCUT2D eigenvalue weighted by Crippen LogP contribution is 2.23. The lowest BCUT2D eigenvalue weighted by Gasteiger charge is -2.18. The van der Waals surface area contributed by atoms with E-state index < -0.39 is 0 Å². The number of carbonyl (C=O) groups is 1. The van der Waals surface area contributed by atoms with Gasteiger partial charge in [-0.05, 0) is 80.2 Å². The van der Waals surface area contributed by atoms with Crippen molar-refractivity contribution >= 4 is 23.2 Å². The minimum absolute atomic E-state index is 0.205. The molecule has 4 aromatic rings. The van der Waals surface area contributed by atoms with Gasteiger partial charge in [0.05, 0.1) is 5.69 Å². The number of anilines is 3. The van der Waals surface area contributed by atoms with Gasteiger partial charge in [-0.25, -0.2) is 9.97 Å². The van der Waals surface area contributed by atoms with Gasteiger partial charge in [0.2, 0.25) is 5.95 Å². The number of carbonyl (C=O) groups excluding carboxylic acids is 1. The summed E-state index contributed by atoms with van der Waals surface area (Å²) in [5.74, 6) is 1.02. The SMILES string of the molecule is CCN(CC)CCOc1ccc(NC(=O)c2ccc(C)c(Nc3nccc(-c4cccnc4)n3)c2)cc1. The molecule has 190 valence electrons. The topological polar surface area (TPSA) is 92.3 Å². The highest BCUT2D eigenvalue weighted by Gasteiger charge is 2.11. The summed E-state index contributed by atoms with van der Waals surface area (Å²) in [4.78, 5) is 28.3.